The van der Waals surface area contributed by atoms with E-state index in [1.165, 1.54) is 11.1 Å². The van der Waals surface area contributed by atoms with Gasteiger partial charge in [0.1, 0.15) is 0 Å². The molecule has 0 radical (unpaired) electrons. The van der Waals surface area contributed by atoms with Crippen molar-refractivity contribution in [1.82, 2.24) is 19.8 Å². The average molecular weight is 441 g/mol. The van der Waals surface area contributed by atoms with Gasteiger partial charge >= 0.3 is 11.1 Å². The number of nitrogens with one attached hydrogen (secondary N) is 2. The van der Waals surface area contributed by atoms with Gasteiger partial charge in [0.05, 0.1) is 17.1 Å². The van der Waals surface area contributed by atoms with Crippen LogP contribution in [0.1, 0.15) is 27.5 Å². The summed E-state index contributed by atoms with van der Waals surface area (Å²) in [6.45, 7) is 2.71. The second kappa shape index (κ2) is 8.88. The van der Waals surface area contributed by atoms with Crippen LogP contribution in [0.3, 0.4) is 0 Å². The molecule has 1 aromatic heterocycles. The number of aromatic amines is 2. The van der Waals surface area contributed by atoms with E-state index < -0.39 is 11.1 Å². The van der Waals surface area contributed by atoms with Crippen LogP contribution in [-0.2, 0) is 0 Å². The van der Waals surface area contributed by atoms with Crippen molar-refractivity contribution >= 4 is 16.9 Å². The number of aromatic nitrogens is 2. The van der Waals surface area contributed by atoms with Crippen LogP contribution in [0.25, 0.3) is 11.0 Å². The standard InChI is InChI=1S/C26H24N4O3/c31-24-25(32)28-22-17-20(11-12-21(22)27-24)26(33)30-15-13-29(14-16-30)23(18-7-3-1-4-8-18)19-9-5-2-6-10-19/h1-12,17,23H,13-16H2,(H,27,31)(H,28,32). The van der Waals surface area contributed by atoms with E-state index in [-0.39, 0.29) is 11.9 Å². The maximum Gasteiger partial charge on any atom is 0.314 e. The first-order valence-corrected chi connectivity index (χ1v) is 11.0. The lowest BCUT2D eigenvalue weighted by Crippen LogP contribution is -2.49. The molecule has 166 valence electrons. The summed E-state index contributed by atoms with van der Waals surface area (Å²) in [7, 11) is 0. The van der Waals surface area contributed by atoms with Crippen molar-refractivity contribution in [3.05, 3.63) is 116 Å². The molecule has 7 heteroatoms. The van der Waals surface area contributed by atoms with Crippen molar-refractivity contribution < 1.29 is 4.79 Å². The number of H-pyrrole nitrogens is 2. The first-order chi connectivity index (χ1) is 16.1. The minimum Gasteiger partial charge on any atom is -0.336 e. The maximum atomic E-state index is 13.2. The number of rotatable bonds is 4. The molecule has 1 aliphatic heterocycles. The minimum absolute atomic E-state index is 0.0837. The van der Waals surface area contributed by atoms with Gasteiger partial charge in [0.15, 0.2) is 0 Å². The Morgan fingerprint density at radius 1 is 0.697 bits per heavy atom. The van der Waals surface area contributed by atoms with Gasteiger partial charge in [0.25, 0.3) is 5.91 Å². The predicted octanol–water partition coefficient (Wildman–Crippen LogP) is 2.76. The number of hydrogen-bond donors (Lipinski definition) is 2. The Balaban J connectivity index is 1.35. The van der Waals surface area contributed by atoms with E-state index >= 15 is 0 Å². The molecule has 0 unspecified atom stereocenters. The van der Waals surface area contributed by atoms with Gasteiger partial charge in [-0.25, -0.2) is 0 Å². The van der Waals surface area contributed by atoms with Gasteiger partial charge in [0.2, 0.25) is 0 Å². The van der Waals surface area contributed by atoms with Gasteiger partial charge in [-0.15, -0.1) is 0 Å². The summed E-state index contributed by atoms with van der Waals surface area (Å²) in [5.74, 6) is -0.0837. The van der Waals surface area contributed by atoms with Crippen molar-refractivity contribution in [2.75, 3.05) is 26.2 Å². The predicted molar refractivity (Wildman–Crippen MR) is 127 cm³/mol. The lowest BCUT2D eigenvalue weighted by molar-refractivity contribution is 0.0597. The highest BCUT2D eigenvalue weighted by Crippen LogP contribution is 2.29. The SMILES string of the molecule is O=C(c1ccc2[nH]c(=O)c(=O)[nH]c2c1)N1CCN(C(c2ccccc2)c2ccccc2)CC1. The lowest BCUT2D eigenvalue weighted by atomic mass is 9.96. The zero-order valence-corrected chi connectivity index (χ0v) is 18.0. The van der Waals surface area contributed by atoms with Crippen LogP contribution in [0, 0.1) is 0 Å². The first kappa shape index (κ1) is 20.9. The highest BCUT2D eigenvalue weighted by atomic mass is 16.2. The van der Waals surface area contributed by atoms with Gasteiger partial charge < -0.3 is 14.9 Å². The minimum atomic E-state index is -0.728. The molecule has 0 bridgehead atoms. The second-order valence-corrected chi connectivity index (χ2v) is 8.22. The zero-order chi connectivity index (χ0) is 22.8. The molecule has 0 atom stereocenters. The Kier molecular flexibility index (Phi) is 5.62. The van der Waals surface area contributed by atoms with Crippen molar-refractivity contribution in [3.63, 3.8) is 0 Å². The molecule has 1 saturated heterocycles. The summed E-state index contributed by atoms with van der Waals surface area (Å²) in [5.41, 5.74) is 2.46. The van der Waals surface area contributed by atoms with Crippen LogP contribution in [0.2, 0.25) is 0 Å². The largest absolute Gasteiger partial charge is 0.336 e. The van der Waals surface area contributed by atoms with Crippen LogP contribution < -0.4 is 11.1 Å². The van der Waals surface area contributed by atoms with Gasteiger partial charge in [-0.05, 0) is 29.3 Å². The third-order valence-electron chi connectivity index (χ3n) is 6.17. The van der Waals surface area contributed by atoms with E-state index in [2.05, 4.69) is 63.4 Å². The molecule has 33 heavy (non-hydrogen) atoms. The number of fused-ring (bicyclic) bond motifs is 1. The highest BCUT2D eigenvalue weighted by Gasteiger charge is 2.28. The average Bonchev–Trinajstić information content (AvgIpc) is 2.86. The molecule has 2 heterocycles. The lowest BCUT2D eigenvalue weighted by Gasteiger charge is -2.39. The summed E-state index contributed by atoms with van der Waals surface area (Å²) in [4.78, 5) is 45.6. The zero-order valence-electron chi connectivity index (χ0n) is 18.0. The number of nitrogens with zero attached hydrogens (tertiary/aromatic N) is 2. The normalized spacial score (nSPS) is 14.6. The number of amides is 1. The van der Waals surface area contributed by atoms with E-state index in [0.717, 1.165) is 13.1 Å². The molecule has 4 aromatic rings. The molecule has 1 amide bonds. The summed E-state index contributed by atoms with van der Waals surface area (Å²) in [6.07, 6.45) is 0. The molecule has 1 fully saturated rings. The smallest absolute Gasteiger partial charge is 0.314 e. The van der Waals surface area contributed by atoms with Crippen molar-refractivity contribution in [2.24, 2.45) is 0 Å². The third kappa shape index (κ3) is 4.23. The first-order valence-electron chi connectivity index (χ1n) is 11.0. The Hall–Kier alpha value is -3.97. The van der Waals surface area contributed by atoms with Crippen LogP contribution in [-0.4, -0.2) is 51.9 Å². The number of piperazine rings is 1. The highest BCUT2D eigenvalue weighted by molar-refractivity contribution is 5.97. The molecule has 5 rings (SSSR count). The fourth-order valence-corrected chi connectivity index (χ4v) is 4.50. The Bertz CT molecular complexity index is 1350. The van der Waals surface area contributed by atoms with Crippen molar-refractivity contribution in [2.45, 2.75) is 6.04 Å². The van der Waals surface area contributed by atoms with E-state index in [1.807, 2.05) is 17.0 Å². The van der Waals surface area contributed by atoms with Crippen molar-refractivity contribution in [1.29, 1.82) is 0 Å². The molecular weight excluding hydrogens is 416 g/mol. The Morgan fingerprint density at radius 3 is 1.82 bits per heavy atom. The molecule has 2 N–H and O–H groups in total. The van der Waals surface area contributed by atoms with Crippen LogP contribution >= 0.6 is 0 Å². The molecule has 0 saturated carbocycles. The van der Waals surface area contributed by atoms with E-state index in [4.69, 9.17) is 0 Å². The van der Waals surface area contributed by atoms with Crippen LogP contribution in [0.15, 0.2) is 88.5 Å². The number of carbonyl (C=O) groups is 1. The fraction of sp³-hybridized carbons (Fsp3) is 0.192. The van der Waals surface area contributed by atoms with E-state index in [9.17, 15) is 14.4 Å². The molecule has 7 nitrogen and oxygen atoms in total. The van der Waals surface area contributed by atoms with Crippen molar-refractivity contribution in [3.8, 4) is 0 Å². The maximum absolute atomic E-state index is 13.2. The quantitative estimate of drug-likeness (QED) is 0.478. The fourth-order valence-electron chi connectivity index (χ4n) is 4.50. The number of hydrogen-bond acceptors (Lipinski definition) is 4. The molecular formula is C26H24N4O3. The molecule has 0 aliphatic carbocycles. The summed E-state index contributed by atoms with van der Waals surface area (Å²) < 4.78 is 0. The van der Waals surface area contributed by atoms with Gasteiger partial charge in [-0.1, -0.05) is 60.7 Å². The van der Waals surface area contributed by atoms with Gasteiger partial charge in [-0.2, -0.15) is 0 Å². The summed E-state index contributed by atoms with van der Waals surface area (Å²) in [5, 5.41) is 0. The van der Waals surface area contributed by atoms with Crippen LogP contribution in [0.5, 0.6) is 0 Å². The summed E-state index contributed by atoms with van der Waals surface area (Å²) >= 11 is 0. The summed E-state index contributed by atoms with van der Waals surface area (Å²) in [6, 6.07) is 26.0. The molecule has 3 aromatic carbocycles. The van der Waals surface area contributed by atoms with E-state index in [1.54, 1.807) is 18.2 Å². The second-order valence-electron chi connectivity index (χ2n) is 8.22. The monoisotopic (exact) mass is 440 g/mol. The topological polar surface area (TPSA) is 89.3 Å². The third-order valence-corrected chi connectivity index (χ3v) is 6.17. The van der Waals surface area contributed by atoms with Gasteiger partial charge in [-0.3, -0.25) is 19.3 Å². The van der Waals surface area contributed by atoms with Gasteiger partial charge in [0, 0.05) is 31.7 Å². The van der Waals surface area contributed by atoms with E-state index in [0.29, 0.717) is 29.7 Å². The number of carbonyl (C=O) groups excluding carboxylic acids is 1. The van der Waals surface area contributed by atoms with Crippen LogP contribution in [0.4, 0.5) is 0 Å². The Labute approximate surface area is 190 Å². The Morgan fingerprint density at radius 2 is 1.24 bits per heavy atom. The number of benzene rings is 3. The molecule has 0 spiro atoms. The molecule has 1 aliphatic rings.